The third kappa shape index (κ3) is 6.39. The number of nitro groups is 1. The van der Waals surface area contributed by atoms with E-state index in [1.165, 1.54) is 10.9 Å². The molecule has 1 N–H and O–H groups in total. The fraction of sp³-hybridized carbons (Fsp3) is 0.545. The summed E-state index contributed by atoms with van der Waals surface area (Å²) in [6.07, 6.45) is -0.763. The molecule has 1 aromatic carbocycles. The van der Waals surface area contributed by atoms with E-state index in [0.717, 1.165) is 24.8 Å². The van der Waals surface area contributed by atoms with Gasteiger partial charge in [-0.25, -0.2) is 4.79 Å². The van der Waals surface area contributed by atoms with Crippen LogP contribution in [0.5, 0.6) is 5.75 Å². The van der Waals surface area contributed by atoms with Crippen LogP contribution in [0.2, 0.25) is 0 Å². The molecule has 1 amide bonds. The average molecular weight is 484 g/mol. The summed E-state index contributed by atoms with van der Waals surface area (Å²) in [7, 11) is 0. The molecule has 1 heterocycles. The van der Waals surface area contributed by atoms with Crippen LogP contribution in [0, 0.1) is 10.1 Å². The van der Waals surface area contributed by atoms with E-state index in [9.17, 15) is 28.1 Å². The molecule has 1 aromatic heterocycles. The van der Waals surface area contributed by atoms with E-state index < -0.39 is 45.4 Å². The van der Waals surface area contributed by atoms with E-state index in [1.54, 1.807) is 20.8 Å². The van der Waals surface area contributed by atoms with Crippen LogP contribution >= 0.6 is 0 Å². The Morgan fingerprint density at radius 2 is 2.00 bits per heavy atom. The highest BCUT2D eigenvalue weighted by Crippen LogP contribution is 2.47. The number of carbonyl (C=O) groups excluding carboxylic acids is 1. The minimum absolute atomic E-state index is 0.0433. The van der Waals surface area contributed by atoms with Crippen LogP contribution in [0.4, 0.5) is 23.7 Å². The zero-order chi connectivity index (χ0) is 25.1. The van der Waals surface area contributed by atoms with E-state index in [4.69, 9.17) is 9.47 Å². The van der Waals surface area contributed by atoms with Gasteiger partial charge in [-0.15, -0.1) is 0 Å². The van der Waals surface area contributed by atoms with Gasteiger partial charge in [0.05, 0.1) is 22.8 Å². The highest BCUT2D eigenvalue weighted by molar-refractivity contribution is 5.79. The average Bonchev–Trinajstić information content (AvgIpc) is 3.13. The summed E-state index contributed by atoms with van der Waals surface area (Å²) in [6.45, 7) is 5.72. The summed E-state index contributed by atoms with van der Waals surface area (Å²) in [4.78, 5) is 22.4. The normalized spacial score (nSPS) is 14.4. The molecular formula is C22H27F3N4O5. The Kier molecular flexibility index (Phi) is 7.37. The second-order valence-electron chi connectivity index (χ2n) is 9.03. The van der Waals surface area contributed by atoms with E-state index >= 15 is 0 Å². The lowest BCUT2D eigenvalue weighted by atomic mass is 9.95. The van der Waals surface area contributed by atoms with Gasteiger partial charge in [0.1, 0.15) is 16.9 Å². The fourth-order valence-electron chi connectivity index (χ4n) is 3.43. The number of aryl methyl sites for hydroxylation is 1. The van der Waals surface area contributed by atoms with E-state index in [2.05, 4.69) is 10.4 Å². The molecule has 34 heavy (non-hydrogen) atoms. The van der Waals surface area contributed by atoms with Gasteiger partial charge in [0.2, 0.25) is 0 Å². The molecule has 0 atom stereocenters. The topological polar surface area (TPSA) is 109 Å². The Bertz CT molecular complexity index is 1040. The van der Waals surface area contributed by atoms with Crippen LogP contribution in [0.15, 0.2) is 24.5 Å². The second-order valence-corrected chi connectivity index (χ2v) is 9.03. The number of nitro benzene ring substituents is 1. The predicted molar refractivity (Wildman–Crippen MR) is 116 cm³/mol. The van der Waals surface area contributed by atoms with Gasteiger partial charge in [0.25, 0.3) is 5.69 Å². The third-order valence-electron chi connectivity index (χ3n) is 5.13. The minimum atomic E-state index is -4.88. The summed E-state index contributed by atoms with van der Waals surface area (Å²) in [5, 5.41) is 18.2. The SMILES string of the molecule is CC(C)(C)OC(=O)NCCCn1cc(-c2c([N+](=O)[O-])ccc(OC3CCC3)c2C(F)(F)F)cn1. The number of rotatable bonds is 8. The molecule has 1 fully saturated rings. The standard InChI is InChI=1S/C22H27F3N4O5/c1-21(2,3)34-20(30)26-10-5-11-28-13-14(12-27-28)18-16(29(31)32)8-9-17(19(18)22(23,24)25)33-15-6-4-7-15/h8-9,12-13,15H,4-7,10-11H2,1-3H3,(H,26,30). The highest BCUT2D eigenvalue weighted by atomic mass is 19.4. The molecule has 0 saturated heterocycles. The number of alkyl halides is 3. The molecule has 9 nitrogen and oxygen atoms in total. The van der Waals surface area contributed by atoms with Gasteiger partial charge in [-0.2, -0.15) is 18.3 Å². The molecule has 1 aliphatic rings. The van der Waals surface area contributed by atoms with Crippen LogP contribution in [0.1, 0.15) is 52.0 Å². The molecule has 3 rings (SSSR count). The molecule has 12 heteroatoms. The number of ether oxygens (including phenoxy) is 2. The number of nitrogens with one attached hydrogen (secondary N) is 1. The maximum absolute atomic E-state index is 14.1. The van der Waals surface area contributed by atoms with Gasteiger partial charge >= 0.3 is 12.3 Å². The Morgan fingerprint density at radius 3 is 2.56 bits per heavy atom. The van der Waals surface area contributed by atoms with Crippen molar-refractivity contribution in [3.63, 3.8) is 0 Å². The molecule has 0 radical (unpaired) electrons. The molecule has 0 aliphatic heterocycles. The number of halogens is 3. The van der Waals surface area contributed by atoms with Crippen molar-refractivity contribution < 1.29 is 32.4 Å². The van der Waals surface area contributed by atoms with Gasteiger partial charge in [0.15, 0.2) is 0 Å². The van der Waals surface area contributed by atoms with Crippen LogP contribution in [-0.2, 0) is 17.5 Å². The van der Waals surface area contributed by atoms with Crippen molar-refractivity contribution in [2.45, 2.75) is 70.9 Å². The van der Waals surface area contributed by atoms with E-state index in [0.29, 0.717) is 19.3 Å². The fourth-order valence-corrected chi connectivity index (χ4v) is 3.43. The summed E-state index contributed by atoms with van der Waals surface area (Å²) in [6, 6.07) is 2.04. The maximum Gasteiger partial charge on any atom is 0.420 e. The van der Waals surface area contributed by atoms with Gasteiger partial charge < -0.3 is 14.8 Å². The zero-order valence-corrected chi connectivity index (χ0v) is 19.1. The van der Waals surface area contributed by atoms with E-state index in [-0.39, 0.29) is 24.8 Å². The van der Waals surface area contributed by atoms with Crippen LogP contribution in [0.3, 0.4) is 0 Å². The molecule has 0 bridgehead atoms. The lowest BCUT2D eigenvalue weighted by Gasteiger charge is -2.28. The predicted octanol–water partition coefficient (Wildman–Crippen LogP) is 5.32. The number of hydrogen-bond donors (Lipinski definition) is 1. The van der Waals surface area contributed by atoms with Gasteiger partial charge in [0, 0.05) is 30.9 Å². The van der Waals surface area contributed by atoms with Gasteiger partial charge in [-0.1, -0.05) is 0 Å². The van der Waals surface area contributed by atoms with Crippen molar-refractivity contribution in [2.24, 2.45) is 0 Å². The highest BCUT2D eigenvalue weighted by Gasteiger charge is 2.42. The molecular weight excluding hydrogens is 457 g/mol. The first-order chi connectivity index (χ1) is 15.8. The number of carbonyl (C=O) groups is 1. The first-order valence-corrected chi connectivity index (χ1v) is 10.9. The third-order valence-corrected chi connectivity index (χ3v) is 5.13. The maximum atomic E-state index is 14.1. The quantitative estimate of drug-likeness (QED) is 0.309. The lowest BCUT2D eigenvalue weighted by molar-refractivity contribution is -0.384. The van der Waals surface area contributed by atoms with Crippen molar-refractivity contribution in [2.75, 3.05) is 6.54 Å². The molecule has 1 saturated carbocycles. The lowest BCUT2D eigenvalue weighted by Crippen LogP contribution is -2.33. The molecule has 1 aliphatic carbocycles. The first kappa shape index (κ1) is 25.3. The van der Waals surface area contributed by atoms with Crippen molar-refractivity contribution >= 4 is 11.8 Å². The number of alkyl carbamates (subject to hydrolysis) is 1. The molecule has 0 spiro atoms. The number of hydrogen-bond acceptors (Lipinski definition) is 6. The summed E-state index contributed by atoms with van der Waals surface area (Å²) >= 11 is 0. The molecule has 186 valence electrons. The van der Waals surface area contributed by atoms with Crippen LogP contribution in [-0.4, -0.2) is 39.0 Å². The largest absolute Gasteiger partial charge is 0.490 e. The van der Waals surface area contributed by atoms with Crippen molar-refractivity contribution in [3.8, 4) is 16.9 Å². The van der Waals surface area contributed by atoms with Gasteiger partial charge in [-0.3, -0.25) is 14.8 Å². The summed E-state index contributed by atoms with van der Waals surface area (Å²) in [5.41, 5.74) is -3.12. The second kappa shape index (κ2) is 9.90. The Labute approximate surface area is 194 Å². The number of aromatic nitrogens is 2. The van der Waals surface area contributed by atoms with Crippen LogP contribution < -0.4 is 10.1 Å². The minimum Gasteiger partial charge on any atom is -0.490 e. The number of amides is 1. The van der Waals surface area contributed by atoms with E-state index in [1.807, 2.05) is 0 Å². The number of nitrogens with zero attached hydrogens (tertiary/aromatic N) is 3. The smallest absolute Gasteiger partial charge is 0.420 e. The van der Waals surface area contributed by atoms with Crippen molar-refractivity contribution in [1.82, 2.24) is 15.1 Å². The van der Waals surface area contributed by atoms with Crippen LogP contribution in [0.25, 0.3) is 11.1 Å². The molecule has 0 unspecified atom stereocenters. The Morgan fingerprint density at radius 1 is 1.29 bits per heavy atom. The molecule has 2 aromatic rings. The summed E-state index contributed by atoms with van der Waals surface area (Å²) < 4.78 is 54.3. The zero-order valence-electron chi connectivity index (χ0n) is 19.1. The Balaban J connectivity index is 1.81. The van der Waals surface area contributed by atoms with Crippen molar-refractivity contribution in [3.05, 3.63) is 40.2 Å². The number of benzene rings is 1. The van der Waals surface area contributed by atoms with Crippen molar-refractivity contribution in [1.29, 1.82) is 0 Å². The monoisotopic (exact) mass is 484 g/mol. The Hall–Kier alpha value is -3.31. The summed E-state index contributed by atoms with van der Waals surface area (Å²) in [5.74, 6) is -0.424. The van der Waals surface area contributed by atoms with Gasteiger partial charge in [-0.05, 0) is 52.5 Å². The first-order valence-electron chi connectivity index (χ1n) is 10.9.